The largest absolute Gasteiger partial charge is 0.478 e. The van der Waals surface area contributed by atoms with Gasteiger partial charge in [0.25, 0.3) is 0 Å². The molecule has 1 aliphatic heterocycles. The molecule has 2 rings (SSSR count). The first-order chi connectivity index (χ1) is 9.56. The third-order valence-electron chi connectivity index (χ3n) is 4.18. The number of nitrogens with zero attached hydrogens (tertiary/aromatic N) is 1. The van der Waals surface area contributed by atoms with Gasteiger partial charge < -0.3 is 15.3 Å². The summed E-state index contributed by atoms with van der Waals surface area (Å²) in [6, 6.07) is 5.25. The first-order valence-electron chi connectivity index (χ1n) is 7.32. The van der Waals surface area contributed by atoms with E-state index in [1.165, 1.54) is 32.4 Å². The smallest absolute Gasteiger partial charge is 0.335 e. The molecule has 4 nitrogen and oxygen atoms in total. The molecule has 0 unspecified atom stereocenters. The highest BCUT2D eigenvalue weighted by Gasteiger charge is 2.16. The Labute approximate surface area is 120 Å². The summed E-state index contributed by atoms with van der Waals surface area (Å²) in [6.07, 6.45) is 3.76. The minimum Gasteiger partial charge on any atom is -0.478 e. The van der Waals surface area contributed by atoms with Crippen LogP contribution in [0.1, 0.15) is 35.2 Å². The van der Waals surface area contributed by atoms with Crippen molar-refractivity contribution in [2.45, 2.75) is 26.2 Å². The molecule has 0 aromatic heterocycles. The fourth-order valence-corrected chi connectivity index (χ4v) is 2.76. The van der Waals surface area contributed by atoms with E-state index in [2.05, 4.69) is 17.3 Å². The minimum atomic E-state index is -0.869. The van der Waals surface area contributed by atoms with Crippen molar-refractivity contribution >= 4 is 11.7 Å². The van der Waals surface area contributed by atoms with Gasteiger partial charge in [-0.25, -0.2) is 4.79 Å². The number of carboxylic acid groups (broad SMARTS) is 1. The number of carboxylic acids is 1. The Kier molecular flexibility index (Phi) is 5.01. The van der Waals surface area contributed by atoms with Crippen LogP contribution in [0.4, 0.5) is 5.69 Å². The zero-order chi connectivity index (χ0) is 14.5. The van der Waals surface area contributed by atoms with Crippen molar-refractivity contribution in [3.05, 3.63) is 29.3 Å². The van der Waals surface area contributed by atoms with Gasteiger partial charge in [0, 0.05) is 12.2 Å². The van der Waals surface area contributed by atoms with Crippen LogP contribution in [-0.2, 0) is 0 Å². The van der Waals surface area contributed by atoms with Gasteiger partial charge in [0.2, 0.25) is 0 Å². The Morgan fingerprint density at radius 2 is 2.10 bits per heavy atom. The standard InChI is InChI=1S/C16H24N2O2/c1-12-11-14(16(19)20)3-4-15(12)17-8-5-13-6-9-18(2)10-7-13/h3-4,11,13,17H,5-10H2,1-2H3,(H,19,20). The number of rotatable bonds is 5. The van der Waals surface area contributed by atoms with Crippen LogP contribution < -0.4 is 5.32 Å². The molecule has 2 N–H and O–H groups in total. The molecule has 1 aliphatic rings. The van der Waals surface area contributed by atoms with Gasteiger partial charge in [-0.2, -0.15) is 0 Å². The van der Waals surface area contributed by atoms with Crippen LogP contribution >= 0.6 is 0 Å². The predicted octanol–water partition coefficient (Wildman–Crippen LogP) is 2.84. The molecule has 4 heteroatoms. The maximum atomic E-state index is 10.9. The van der Waals surface area contributed by atoms with Gasteiger partial charge in [-0.15, -0.1) is 0 Å². The molecule has 20 heavy (non-hydrogen) atoms. The molecule has 1 saturated heterocycles. The maximum absolute atomic E-state index is 10.9. The van der Waals surface area contributed by atoms with Crippen molar-refractivity contribution in [1.29, 1.82) is 0 Å². The first kappa shape index (κ1) is 14.9. The summed E-state index contributed by atoms with van der Waals surface area (Å²) in [5, 5.41) is 12.4. The van der Waals surface area contributed by atoms with Crippen LogP contribution in [0.15, 0.2) is 18.2 Å². The molecular formula is C16H24N2O2. The number of nitrogens with one attached hydrogen (secondary N) is 1. The Morgan fingerprint density at radius 1 is 1.40 bits per heavy atom. The number of hydrogen-bond donors (Lipinski definition) is 2. The van der Waals surface area contributed by atoms with Crippen molar-refractivity contribution in [3.8, 4) is 0 Å². The fraction of sp³-hybridized carbons (Fsp3) is 0.562. The average molecular weight is 276 g/mol. The van der Waals surface area contributed by atoms with Crippen molar-refractivity contribution in [3.63, 3.8) is 0 Å². The minimum absolute atomic E-state index is 0.350. The van der Waals surface area contributed by atoms with Crippen molar-refractivity contribution in [2.24, 2.45) is 5.92 Å². The second-order valence-electron chi connectivity index (χ2n) is 5.80. The van der Waals surface area contributed by atoms with Gasteiger partial charge in [0.05, 0.1) is 5.56 Å². The lowest BCUT2D eigenvalue weighted by Gasteiger charge is -2.29. The van der Waals surface area contributed by atoms with Gasteiger partial charge in [-0.3, -0.25) is 0 Å². The van der Waals surface area contributed by atoms with E-state index in [1.54, 1.807) is 12.1 Å². The second-order valence-corrected chi connectivity index (χ2v) is 5.80. The average Bonchev–Trinajstić information content (AvgIpc) is 2.42. The van der Waals surface area contributed by atoms with E-state index in [0.717, 1.165) is 23.7 Å². The summed E-state index contributed by atoms with van der Waals surface area (Å²) in [6.45, 7) is 5.32. The number of piperidine rings is 1. The van der Waals surface area contributed by atoms with Crippen LogP contribution in [0.5, 0.6) is 0 Å². The van der Waals surface area contributed by atoms with Crippen LogP contribution in [0.3, 0.4) is 0 Å². The quantitative estimate of drug-likeness (QED) is 0.868. The number of aryl methyl sites for hydroxylation is 1. The number of hydrogen-bond acceptors (Lipinski definition) is 3. The van der Waals surface area contributed by atoms with E-state index >= 15 is 0 Å². The zero-order valence-electron chi connectivity index (χ0n) is 12.4. The molecule has 0 atom stereocenters. The summed E-state index contributed by atoms with van der Waals surface area (Å²) in [5.74, 6) is -0.0525. The van der Waals surface area contributed by atoms with Crippen LogP contribution in [-0.4, -0.2) is 42.7 Å². The third kappa shape index (κ3) is 3.97. The third-order valence-corrected chi connectivity index (χ3v) is 4.18. The highest BCUT2D eigenvalue weighted by Crippen LogP contribution is 2.21. The van der Waals surface area contributed by atoms with E-state index in [1.807, 2.05) is 13.0 Å². The number of carbonyl (C=O) groups is 1. The number of benzene rings is 1. The monoisotopic (exact) mass is 276 g/mol. The Balaban J connectivity index is 1.81. The molecule has 1 aromatic carbocycles. The summed E-state index contributed by atoms with van der Waals surface area (Å²) in [7, 11) is 2.18. The molecule has 0 aliphatic carbocycles. The Bertz CT molecular complexity index is 466. The zero-order valence-corrected chi connectivity index (χ0v) is 12.4. The first-order valence-corrected chi connectivity index (χ1v) is 7.32. The maximum Gasteiger partial charge on any atom is 0.335 e. The SMILES string of the molecule is Cc1cc(C(=O)O)ccc1NCCC1CCN(C)CC1. The van der Waals surface area contributed by atoms with Gasteiger partial charge in [-0.1, -0.05) is 0 Å². The van der Waals surface area contributed by atoms with E-state index < -0.39 is 5.97 Å². The van der Waals surface area contributed by atoms with Gasteiger partial charge >= 0.3 is 5.97 Å². The topological polar surface area (TPSA) is 52.6 Å². The molecule has 0 bridgehead atoms. The fourth-order valence-electron chi connectivity index (χ4n) is 2.76. The summed E-state index contributed by atoms with van der Waals surface area (Å²) in [5.41, 5.74) is 2.39. The molecule has 1 aromatic rings. The van der Waals surface area contributed by atoms with E-state index in [0.29, 0.717) is 5.56 Å². The molecular weight excluding hydrogens is 252 g/mol. The Hall–Kier alpha value is -1.55. The van der Waals surface area contributed by atoms with Crippen molar-refractivity contribution in [2.75, 3.05) is 32.0 Å². The molecule has 0 saturated carbocycles. The van der Waals surface area contributed by atoms with Crippen LogP contribution in [0.25, 0.3) is 0 Å². The van der Waals surface area contributed by atoms with Gasteiger partial charge in [0.15, 0.2) is 0 Å². The van der Waals surface area contributed by atoms with Crippen molar-refractivity contribution < 1.29 is 9.90 Å². The summed E-state index contributed by atoms with van der Waals surface area (Å²) < 4.78 is 0. The van der Waals surface area contributed by atoms with Gasteiger partial charge in [0.1, 0.15) is 0 Å². The molecule has 0 spiro atoms. The number of anilines is 1. The lowest BCUT2D eigenvalue weighted by molar-refractivity contribution is 0.0697. The predicted molar refractivity (Wildman–Crippen MR) is 81.5 cm³/mol. The summed E-state index contributed by atoms with van der Waals surface area (Å²) in [4.78, 5) is 13.3. The highest BCUT2D eigenvalue weighted by molar-refractivity contribution is 5.88. The van der Waals surface area contributed by atoms with Gasteiger partial charge in [-0.05, 0) is 76.0 Å². The molecule has 0 radical (unpaired) electrons. The lowest BCUT2D eigenvalue weighted by Crippen LogP contribution is -2.30. The van der Waals surface area contributed by atoms with E-state index in [9.17, 15) is 4.79 Å². The van der Waals surface area contributed by atoms with E-state index in [4.69, 9.17) is 5.11 Å². The Morgan fingerprint density at radius 3 is 2.70 bits per heavy atom. The van der Waals surface area contributed by atoms with Crippen molar-refractivity contribution in [1.82, 2.24) is 4.90 Å². The second kappa shape index (κ2) is 6.75. The molecule has 0 amide bonds. The molecule has 1 fully saturated rings. The van der Waals surface area contributed by atoms with E-state index in [-0.39, 0.29) is 0 Å². The summed E-state index contributed by atoms with van der Waals surface area (Å²) >= 11 is 0. The van der Waals surface area contributed by atoms with Crippen LogP contribution in [0.2, 0.25) is 0 Å². The molecule has 110 valence electrons. The molecule has 1 heterocycles. The highest BCUT2D eigenvalue weighted by atomic mass is 16.4. The normalized spacial score (nSPS) is 17.1. The number of likely N-dealkylation sites (tertiary alicyclic amines) is 1. The lowest BCUT2D eigenvalue weighted by atomic mass is 9.94. The van der Waals surface area contributed by atoms with Crippen LogP contribution in [0, 0.1) is 12.8 Å². The number of aromatic carboxylic acids is 1.